The lowest BCUT2D eigenvalue weighted by molar-refractivity contribution is 0.0777. The van der Waals surface area contributed by atoms with E-state index >= 15 is 0 Å². The standard InChI is InChI=1S/C18H30N4O2/c1-13-17(14(2)20(3)19-13)18(24)22-10-15(16(11-22)12-23)9-21-7-5-4-6-8-21/h15-16,23H,4-12H2,1-3H3/t15-,16-/m1/s1. The van der Waals surface area contributed by atoms with Crippen LogP contribution in [-0.2, 0) is 7.05 Å². The van der Waals surface area contributed by atoms with Crippen LogP contribution < -0.4 is 0 Å². The van der Waals surface area contributed by atoms with Crippen molar-refractivity contribution in [2.24, 2.45) is 18.9 Å². The van der Waals surface area contributed by atoms with Crippen molar-refractivity contribution in [3.63, 3.8) is 0 Å². The fraction of sp³-hybridized carbons (Fsp3) is 0.778. The summed E-state index contributed by atoms with van der Waals surface area (Å²) in [7, 11) is 1.87. The van der Waals surface area contributed by atoms with Crippen molar-refractivity contribution >= 4 is 5.91 Å². The Kier molecular flexibility index (Phi) is 5.25. The molecule has 6 heteroatoms. The second kappa shape index (κ2) is 7.23. The molecular weight excluding hydrogens is 304 g/mol. The van der Waals surface area contributed by atoms with Crippen LogP contribution in [0, 0.1) is 25.7 Å². The lowest BCUT2D eigenvalue weighted by Gasteiger charge is -2.30. The molecule has 1 aromatic rings. The number of hydrogen-bond acceptors (Lipinski definition) is 4. The maximum Gasteiger partial charge on any atom is 0.257 e. The molecule has 3 heterocycles. The quantitative estimate of drug-likeness (QED) is 0.899. The van der Waals surface area contributed by atoms with Gasteiger partial charge in [-0.1, -0.05) is 6.42 Å². The lowest BCUT2D eigenvalue weighted by atomic mass is 9.95. The zero-order valence-electron chi connectivity index (χ0n) is 15.2. The molecule has 0 spiro atoms. The van der Waals surface area contributed by atoms with Crippen molar-refractivity contribution in [3.05, 3.63) is 17.0 Å². The molecule has 2 saturated heterocycles. The van der Waals surface area contributed by atoms with E-state index in [4.69, 9.17) is 0 Å². The van der Waals surface area contributed by atoms with E-state index in [1.54, 1.807) is 4.68 Å². The van der Waals surface area contributed by atoms with Crippen LogP contribution in [-0.4, -0.2) is 69.9 Å². The summed E-state index contributed by atoms with van der Waals surface area (Å²) in [6, 6.07) is 0. The van der Waals surface area contributed by atoms with Crippen LogP contribution in [0.15, 0.2) is 0 Å². The van der Waals surface area contributed by atoms with E-state index in [0.29, 0.717) is 12.5 Å². The lowest BCUT2D eigenvalue weighted by Crippen LogP contribution is -2.37. The molecule has 2 aliphatic rings. The first-order chi connectivity index (χ1) is 11.5. The van der Waals surface area contributed by atoms with E-state index < -0.39 is 0 Å². The molecule has 134 valence electrons. The van der Waals surface area contributed by atoms with E-state index in [0.717, 1.165) is 43.1 Å². The van der Waals surface area contributed by atoms with Gasteiger partial charge in [-0.15, -0.1) is 0 Å². The Bertz CT molecular complexity index is 592. The third-order valence-corrected chi connectivity index (χ3v) is 5.76. The zero-order valence-corrected chi connectivity index (χ0v) is 15.2. The van der Waals surface area contributed by atoms with Gasteiger partial charge in [0, 0.05) is 44.9 Å². The fourth-order valence-electron chi connectivity index (χ4n) is 4.23. The van der Waals surface area contributed by atoms with Gasteiger partial charge in [0.25, 0.3) is 5.91 Å². The van der Waals surface area contributed by atoms with Crippen LogP contribution >= 0.6 is 0 Å². The van der Waals surface area contributed by atoms with Crippen molar-refractivity contribution in [2.45, 2.75) is 33.1 Å². The average molecular weight is 334 g/mol. The first kappa shape index (κ1) is 17.4. The molecule has 6 nitrogen and oxygen atoms in total. The third kappa shape index (κ3) is 3.35. The van der Waals surface area contributed by atoms with Crippen LogP contribution in [0.5, 0.6) is 0 Å². The molecular formula is C18H30N4O2. The monoisotopic (exact) mass is 334 g/mol. The van der Waals surface area contributed by atoms with Crippen LogP contribution in [0.25, 0.3) is 0 Å². The van der Waals surface area contributed by atoms with E-state index in [1.807, 2.05) is 25.8 Å². The fourth-order valence-corrected chi connectivity index (χ4v) is 4.23. The number of aryl methyl sites for hydroxylation is 2. The van der Waals surface area contributed by atoms with Gasteiger partial charge < -0.3 is 14.9 Å². The van der Waals surface area contributed by atoms with Crippen LogP contribution in [0.3, 0.4) is 0 Å². The summed E-state index contributed by atoms with van der Waals surface area (Å²) in [5, 5.41) is 14.1. The zero-order chi connectivity index (χ0) is 17.3. The summed E-state index contributed by atoms with van der Waals surface area (Å²) in [5.41, 5.74) is 2.44. The summed E-state index contributed by atoms with van der Waals surface area (Å²) in [6.07, 6.45) is 3.87. The van der Waals surface area contributed by atoms with Gasteiger partial charge in [-0.05, 0) is 45.7 Å². The van der Waals surface area contributed by atoms with Gasteiger partial charge in [-0.25, -0.2) is 0 Å². The number of amides is 1. The number of hydrogen-bond donors (Lipinski definition) is 1. The topological polar surface area (TPSA) is 61.6 Å². The first-order valence-electron chi connectivity index (χ1n) is 9.14. The normalized spacial score (nSPS) is 25.4. The minimum atomic E-state index is 0.0673. The maximum atomic E-state index is 13.0. The number of rotatable bonds is 4. The number of carbonyl (C=O) groups is 1. The van der Waals surface area contributed by atoms with Crippen molar-refractivity contribution in [3.8, 4) is 0 Å². The summed E-state index contributed by atoms with van der Waals surface area (Å²) >= 11 is 0. The molecule has 0 saturated carbocycles. The highest BCUT2D eigenvalue weighted by Crippen LogP contribution is 2.27. The van der Waals surface area contributed by atoms with Gasteiger partial charge in [0.1, 0.15) is 0 Å². The number of nitrogens with zero attached hydrogens (tertiary/aromatic N) is 4. The smallest absolute Gasteiger partial charge is 0.257 e. The van der Waals surface area contributed by atoms with Crippen molar-refractivity contribution in [1.82, 2.24) is 19.6 Å². The largest absolute Gasteiger partial charge is 0.396 e. The molecule has 0 aliphatic carbocycles. The van der Waals surface area contributed by atoms with Gasteiger partial charge >= 0.3 is 0 Å². The molecule has 24 heavy (non-hydrogen) atoms. The van der Waals surface area contributed by atoms with Crippen molar-refractivity contribution in [2.75, 3.05) is 39.3 Å². The number of aliphatic hydroxyl groups is 1. The van der Waals surface area contributed by atoms with Gasteiger partial charge in [-0.3, -0.25) is 9.48 Å². The van der Waals surface area contributed by atoms with Gasteiger partial charge in [0.15, 0.2) is 0 Å². The molecule has 0 radical (unpaired) electrons. The second-order valence-electron chi connectivity index (χ2n) is 7.44. The molecule has 2 aliphatic heterocycles. The Hall–Kier alpha value is -1.40. The van der Waals surface area contributed by atoms with E-state index in [2.05, 4.69) is 10.00 Å². The van der Waals surface area contributed by atoms with Crippen LogP contribution in [0.2, 0.25) is 0 Å². The van der Waals surface area contributed by atoms with E-state index in [9.17, 15) is 9.90 Å². The average Bonchev–Trinajstić information content (AvgIpc) is 3.09. The molecule has 0 aromatic carbocycles. The highest BCUT2D eigenvalue weighted by Gasteiger charge is 2.37. The third-order valence-electron chi connectivity index (χ3n) is 5.76. The Morgan fingerprint density at radius 3 is 2.42 bits per heavy atom. The van der Waals surface area contributed by atoms with Crippen molar-refractivity contribution < 1.29 is 9.90 Å². The Morgan fingerprint density at radius 1 is 1.17 bits per heavy atom. The SMILES string of the molecule is Cc1nn(C)c(C)c1C(=O)N1C[C@@H](CN2CCCCC2)[C@@H](CO)C1. The summed E-state index contributed by atoms with van der Waals surface area (Å²) in [6.45, 7) is 8.71. The van der Waals surface area contributed by atoms with Gasteiger partial charge in [-0.2, -0.15) is 5.10 Å². The minimum Gasteiger partial charge on any atom is -0.396 e. The summed E-state index contributed by atoms with van der Waals surface area (Å²) < 4.78 is 1.77. The molecule has 0 unspecified atom stereocenters. The number of carbonyl (C=O) groups excluding carboxylic acids is 1. The molecule has 2 atom stereocenters. The first-order valence-corrected chi connectivity index (χ1v) is 9.14. The Morgan fingerprint density at radius 2 is 1.83 bits per heavy atom. The molecule has 2 fully saturated rings. The Balaban J connectivity index is 1.69. The number of aliphatic hydroxyl groups excluding tert-OH is 1. The van der Waals surface area contributed by atoms with E-state index in [1.165, 1.54) is 19.3 Å². The number of aromatic nitrogens is 2. The summed E-state index contributed by atoms with van der Waals surface area (Å²) in [5.74, 6) is 0.625. The van der Waals surface area contributed by atoms with Crippen LogP contribution in [0.1, 0.15) is 41.0 Å². The predicted octanol–water partition coefficient (Wildman–Crippen LogP) is 1.20. The molecule has 1 N–H and O–H groups in total. The minimum absolute atomic E-state index is 0.0673. The van der Waals surface area contributed by atoms with Gasteiger partial charge in [0.2, 0.25) is 0 Å². The second-order valence-corrected chi connectivity index (χ2v) is 7.44. The number of piperidine rings is 1. The number of likely N-dealkylation sites (tertiary alicyclic amines) is 2. The Labute approximate surface area is 144 Å². The van der Waals surface area contributed by atoms with E-state index in [-0.39, 0.29) is 18.4 Å². The molecule has 0 bridgehead atoms. The molecule has 1 aromatic heterocycles. The highest BCUT2D eigenvalue weighted by atomic mass is 16.3. The van der Waals surface area contributed by atoms with Crippen molar-refractivity contribution in [1.29, 1.82) is 0 Å². The summed E-state index contributed by atoms with van der Waals surface area (Å²) in [4.78, 5) is 17.4. The molecule has 3 rings (SSSR count). The van der Waals surface area contributed by atoms with Crippen LogP contribution in [0.4, 0.5) is 0 Å². The predicted molar refractivity (Wildman–Crippen MR) is 92.9 cm³/mol. The molecule has 1 amide bonds. The van der Waals surface area contributed by atoms with Gasteiger partial charge in [0.05, 0.1) is 11.3 Å². The maximum absolute atomic E-state index is 13.0. The highest BCUT2D eigenvalue weighted by molar-refractivity contribution is 5.96.